The van der Waals surface area contributed by atoms with Gasteiger partial charge in [0.1, 0.15) is 5.82 Å². The fourth-order valence-electron chi connectivity index (χ4n) is 3.69. The maximum atomic E-state index is 12.6. The molecule has 3 aliphatic rings. The number of hydrogen-bond donors (Lipinski definition) is 2. The van der Waals surface area contributed by atoms with Crippen LogP contribution in [0.25, 0.3) is 11.1 Å². The Kier molecular flexibility index (Phi) is 3.94. The Balaban J connectivity index is 1.49. The first-order chi connectivity index (χ1) is 11.7. The first-order valence-electron chi connectivity index (χ1n) is 8.55. The van der Waals surface area contributed by atoms with Crippen molar-refractivity contribution in [2.75, 3.05) is 18.4 Å². The highest BCUT2D eigenvalue weighted by Gasteiger charge is 2.36. The van der Waals surface area contributed by atoms with Crippen molar-refractivity contribution in [2.45, 2.75) is 31.8 Å². The van der Waals surface area contributed by atoms with Gasteiger partial charge in [-0.15, -0.1) is 0 Å². The van der Waals surface area contributed by atoms with Gasteiger partial charge in [0.15, 0.2) is 0 Å². The topological polar surface area (TPSA) is 57.3 Å². The molecule has 1 aromatic carbocycles. The van der Waals surface area contributed by atoms with E-state index in [1.807, 2.05) is 42.2 Å². The van der Waals surface area contributed by atoms with Crippen LogP contribution in [0.4, 0.5) is 10.6 Å². The highest BCUT2D eigenvalue weighted by molar-refractivity contribution is 5.89. The largest absolute Gasteiger partial charge is 0.323 e. The number of pyridine rings is 1. The minimum atomic E-state index is -0.0365. The smallest absolute Gasteiger partial charge is 0.319 e. The molecule has 1 aromatic heterocycles. The van der Waals surface area contributed by atoms with Gasteiger partial charge in [-0.1, -0.05) is 30.3 Å². The molecule has 2 atom stereocenters. The van der Waals surface area contributed by atoms with Crippen LogP contribution >= 0.6 is 0 Å². The molecule has 2 N–H and O–H groups in total. The van der Waals surface area contributed by atoms with Crippen molar-refractivity contribution < 1.29 is 4.79 Å². The molecule has 5 heteroatoms. The molecule has 124 valence electrons. The second-order valence-electron chi connectivity index (χ2n) is 6.61. The van der Waals surface area contributed by atoms with E-state index >= 15 is 0 Å². The van der Waals surface area contributed by atoms with E-state index in [0.717, 1.165) is 42.8 Å². The zero-order valence-corrected chi connectivity index (χ0v) is 13.8. The standard InChI is InChI=1S/C19H22N4O/c1-13-17(14-5-3-2-4-6-14)9-10-18(21-13)22-19(24)23-12-15-7-8-16(23)11-20-15/h2-6,9-10,15-16,20H,7-8,11-12H2,1H3,(H,21,22,24). The van der Waals surface area contributed by atoms with Gasteiger partial charge in [0, 0.05) is 36.4 Å². The van der Waals surface area contributed by atoms with Crippen LogP contribution in [-0.2, 0) is 0 Å². The van der Waals surface area contributed by atoms with Gasteiger partial charge >= 0.3 is 6.03 Å². The van der Waals surface area contributed by atoms with Gasteiger partial charge in [0.05, 0.1) is 0 Å². The number of carbonyl (C=O) groups excluding carboxylic acids is 1. The van der Waals surface area contributed by atoms with Crippen molar-refractivity contribution in [3.05, 3.63) is 48.2 Å². The van der Waals surface area contributed by atoms with Gasteiger partial charge in [-0.3, -0.25) is 5.32 Å². The van der Waals surface area contributed by atoms with Gasteiger partial charge in [0.25, 0.3) is 0 Å². The van der Waals surface area contributed by atoms with Crippen LogP contribution in [0.2, 0.25) is 0 Å². The molecular weight excluding hydrogens is 300 g/mol. The predicted molar refractivity (Wildman–Crippen MR) is 94.9 cm³/mol. The molecule has 3 fully saturated rings. The monoisotopic (exact) mass is 322 g/mol. The zero-order chi connectivity index (χ0) is 16.5. The summed E-state index contributed by atoms with van der Waals surface area (Å²) in [4.78, 5) is 19.1. The van der Waals surface area contributed by atoms with Gasteiger partial charge in [-0.2, -0.15) is 0 Å². The van der Waals surface area contributed by atoms with E-state index in [1.54, 1.807) is 0 Å². The van der Waals surface area contributed by atoms with E-state index in [-0.39, 0.29) is 6.03 Å². The number of urea groups is 1. The number of amides is 2. The first-order valence-corrected chi connectivity index (χ1v) is 8.55. The third-order valence-corrected chi connectivity index (χ3v) is 5.01. The Morgan fingerprint density at radius 2 is 2.04 bits per heavy atom. The number of rotatable bonds is 2. The molecule has 2 unspecified atom stereocenters. The fourth-order valence-corrected chi connectivity index (χ4v) is 3.69. The summed E-state index contributed by atoms with van der Waals surface area (Å²) < 4.78 is 0. The normalized spacial score (nSPS) is 22.5. The molecule has 5 rings (SSSR count). The van der Waals surface area contributed by atoms with Crippen molar-refractivity contribution in [2.24, 2.45) is 0 Å². The summed E-state index contributed by atoms with van der Waals surface area (Å²) in [5.41, 5.74) is 3.15. The number of carbonyl (C=O) groups is 1. The maximum Gasteiger partial charge on any atom is 0.323 e. The van der Waals surface area contributed by atoms with Crippen molar-refractivity contribution in [1.29, 1.82) is 0 Å². The number of nitrogens with one attached hydrogen (secondary N) is 2. The highest BCUT2D eigenvalue weighted by Crippen LogP contribution is 2.25. The summed E-state index contributed by atoms with van der Waals surface area (Å²) in [6, 6.07) is 14.8. The van der Waals surface area contributed by atoms with E-state index in [0.29, 0.717) is 17.9 Å². The van der Waals surface area contributed by atoms with E-state index in [2.05, 4.69) is 27.8 Å². The number of fused-ring (bicyclic) bond motifs is 3. The van der Waals surface area contributed by atoms with Crippen LogP contribution in [0.5, 0.6) is 0 Å². The van der Waals surface area contributed by atoms with Crippen molar-refractivity contribution >= 4 is 11.8 Å². The third-order valence-electron chi connectivity index (χ3n) is 5.01. The van der Waals surface area contributed by atoms with Gasteiger partial charge < -0.3 is 10.2 Å². The molecule has 3 aliphatic heterocycles. The van der Waals surface area contributed by atoms with E-state index in [9.17, 15) is 4.79 Å². The molecule has 4 heterocycles. The lowest BCUT2D eigenvalue weighted by Crippen LogP contribution is -2.63. The molecule has 2 amide bonds. The maximum absolute atomic E-state index is 12.6. The summed E-state index contributed by atoms with van der Waals surface area (Å²) in [5, 5.41) is 6.43. The molecule has 0 radical (unpaired) electrons. The minimum Gasteiger partial charge on any atom is -0.319 e. The second kappa shape index (κ2) is 6.24. The van der Waals surface area contributed by atoms with E-state index < -0.39 is 0 Å². The Bertz CT molecular complexity index is 738. The van der Waals surface area contributed by atoms with Crippen LogP contribution < -0.4 is 10.6 Å². The molecule has 2 bridgehead atoms. The average Bonchev–Trinajstić information content (AvgIpc) is 2.63. The number of piperazine rings is 1. The molecule has 24 heavy (non-hydrogen) atoms. The van der Waals surface area contributed by atoms with Crippen LogP contribution in [0, 0.1) is 6.92 Å². The zero-order valence-electron chi connectivity index (χ0n) is 13.8. The molecular formula is C19H22N4O. The third kappa shape index (κ3) is 2.87. The number of piperidine rings is 2. The van der Waals surface area contributed by atoms with E-state index in [4.69, 9.17) is 0 Å². The molecule has 5 nitrogen and oxygen atoms in total. The summed E-state index contributed by atoms with van der Waals surface area (Å²) in [6.45, 7) is 3.67. The number of aromatic nitrogens is 1. The summed E-state index contributed by atoms with van der Waals surface area (Å²) >= 11 is 0. The molecule has 0 aliphatic carbocycles. The molecule has 0 saturated carbocycles. The molecule has 0 spiro atoms. The lowest BCUT2D eigenvalue weighted by atomic mass is 9.93. The number of hydrogen-bond acceptors (Lipinski definition) is 3. The number of aryl methyl sites for hydroxylation is 1. The summed E-state index contributed by atoms with van der Waals surface area (Å²) in [7, 11) is 0. The quantitative estimate of drug-likeness (QED) is 0.893. The van der Waals surface area contributed by atoms with Crippen molar-refractivity contribution in [1.82, 2.24) is 15.2 Å². The number of anilines is 1. The van der Waals surface area contributed by atoms with Crippen LogP contribution in [-0.4, -0.2) is 41.1 Å². The molecule has 3 saturated heterocycles. The Hall–Kier alpha value is -2.40. The Morgan fingerprint density at radius 3 is 2.67 bits per heavy atom. The Labute approximate surface area is 142 Å². The average molecular weight is 322 g/mol. The van der Waals surface area contributed by atoms with Crippen LogP contribution in [0.1, 0.15) is 18.5 Å². The summed E-state index contributed by atoms with van der Waals surface area (Å²) in [5.74, 6) is 0.617. The van der Waals surface area contributed by atoms with Gasteiger partial charge in [0.2, 0.25) is 0 Å². The lowest BCUT2D eigenvalue weighted by Gasteiger charge is -2.45. The SMILES string of the molecule is Cc1nc(NC(=O)N2CC3CCC2CN3)ccc1-c1ccccc1. The first kappa shape index (κ1) is 15.1. The number of nitrogens with zero attached hydrogens (tertiary/aromatic N) is 2. The van der Waals surface area contributed by atoms with Crippen LogP contribution in [0.15, 0.2) is 42.5 Å². The molecule has 2 aromatic rings. The lowest BCUT2D eigenvalue weighted by molar-refractivity contribution is 0.106. The highest BCUT2D eigenvalue weighted by atomic mass is 16.2. The fraction of sp³-hybridized carbons (Fsp3) is 0.368. The van der Waals surface area contributed by atoms with Gasteiger partial charge in [-0.25, -0.2) is 9.78 Å². The van der Waals surface area contributed by atoms with Crippen LogP contribution in [0.3, 0.4) is 0 Å². The minimum absolute atomic E-state index is 0.0365. The summed E-state index contributed by atoms with van der Waals surface area (Å²) in [6.07, 6.45) is 2.25. The van der Waals surface area contributed by atoms with E-state index in [1.165, 1.54) is 0 Å². The Morgan fingerprint density at radius 1 is 1.21 bits per heavy atom. The predicted octanol–water partition coefficient (Wildman–Crippen LogP) is 3.03. The van der Waals surface area contributed by atoms with Crippen molar-refractivity contribution in [3.8, 4) is 11.1 Å². The second-order valence-corrected chi connectivity index (χ2v) is 6.61. The number of benzene rings is 1. The van der Waals surface area contributed by atoms with Gasteiger partial charge in [-0.05, 0) is 37.5 Å². The van der Waals surface area contributed by atoms with Crippen molar-refractivity contribution in [3.63, 3.8) is 0 Å².